The number of benzene rings is 8. The number of fused-ring (bicyclic) bond motifs is 5. The molecule has 0 atom stereocenters. The number of hydrogen-bond donors (Lipinski definition) is 0. The van der Waals surface area contributed by atoms with E-state index in [1.54, 1.807) is 0 Å². The van der Waals surface area contributed by atoms with Gasteiger partial charge in [-0.2, -0.15) is 0 Å². The van der Waals surface area contributed by atoms with Crippen molar-refractivity contribution in [2.24, 2.45) is 0 Å². The molecule has 1 heteroatoms. The summed E-state index contributed by atoms with van der Waals surface area (Å²) in [6.07, 6.45) is 0. The minimum Gasteiger partial charge on any atom is -0.456 e. The van der Waals surface area contributed by atoms with Crippen LogP contribution in [0.3, 0.4) is 0 Å². The molecule has 0 aliphatic carbocycles. The van der Waals surface area contributed by atoms with Gasteiger partial charge >= 0.3 is 0 Å². The quantitative estimate of drug-likeness (QED) is 0.188. The summed E-state index contributed by atoms with van der Waals surface area (Å²) in [5.74, 6) is 0. The van der Waals surface area contributed by atoms with Crippen LogP contribution in [0.25, 0.3) is 88.0 Å². The summed E-state index contributed by atoms with van der Waals surface area (Å²) in [4.78, 5) is 0. The van der Waals surface area contributed by atoms with Crippen LogP contribution < -0.4 is 0 Å². The van der Waals surface area contributed by atoms with E-state index >= 15 is 0 Å². The zero-order valence-electron chi connectivity index (χ0n) is 34.7. The van der Waals surface area contributed by atoms with E-state index in [0.717, 1.165) is 43.8 Å². The van der Waals surface area contributed by atoms with Crippen LogP contribution in [0.15, 0.2) is 174 Å². The second-order valence-corrected chi connectivity index (χ2v) is 10.8. The van der Waals surface area contributed by atoms with E-state index in [-0.39, 0.29) is 45.6 Å². The maximum atomic E-state index is 9.71. The predicted octanol–water partition coefficient (Wildman–Crippen LogP) is 12.6. The van der Waals surface area contributed by atoms with Gasteiger partial charge in [-0.05, 0) is 96.3 Å². The molecule has 0 saturated heterocycles. The Kier molecular flexibility index (Phi) is 3.87. The fourth-order valence-electron chi connectivity index (χ4n) is 6.21. The smallest absolute Gasteiger partial charge is 0.136 e. The molecule has 0 unspecified atom stereocenters. The normalized spacial score (nSPS) is 15.0. The summed E-state index contributed by atoms with van der Waals surface area (Å²) < 4.78 is 103. The Labute approximate surface area is 277 Å². The van der Waals surface area contributed by atoms with E-state index in [4.69, 9.17) is 15.4 Å². The summed E-state index contributed by atoms with van der Waals surface area (Å²) in [5, 5.41) is 3.06. The van der Waals surface area contributed by atoms with Crippen molar-refractivity contribution in [3.05, 3.63) is 170 Å². The summed E-state index contributed by atoms with van der Waals surface area (Å²) in [6, 6.07) is 28.1. The molecule has 8 aromatic carbocycles. The highest BCUT2D eigenvalue weighted by atomic mass is 16.3. The molecular weight excluding hydrogens is 544 g/mol. The lowest BCUT2D eigenvalue weighted by Gasteiger charge is -2.18. The van der Waals surface area contributed by atoms with Crippen LogP contribution in [0.5, 0.6) is 0 Å². The highest BCUT2D eigenvalue weighted by Crippen LogP contribution is 2.45. The van der Waals surface area contributed by atoms with Crippen LogP contribution in [0.1, 0.15) is 15.1 Å². The van der Waals surface area contributed by atoms with Gasteiger partial charge in [-0.1, -0.05) is 139 Å². The zero-order valence-corrected chi connectivity index (χ0v) is 23.7. The molecule has 0 radical (unpaired) electrons. The van der Waals surface area contributed by atoms with E-state index in [0.29, 0.717) is 5.56 Å². The largest absolute Gasteiger partial charge is 0.456 e. The van der Waals surface area contributed by atoms with Crippen molar-refractivity contribution in [1.82, 2.24) is 0 Å². The first-order valence-corrected chi connectivity index (χ1v) is 14.5. The molecule has 0 aliphatic heterocycles. The minimum absolute atomic E-state index is 0.0246. The average molecular weight is 584 g/mol. The molecule has 0 N–H and O–H groups in total. The Morgan fingerprint density at radius 1 is 0.356 bits per heavy atom. The maximum absolute atomic E-state index is 9.71. The van der Waals surface area contributed by atoms with Crippen molar-refractivity contribution in [3.63, 3.8) is 0 Å². The molecule has 9 aromatic rings. The Morgan fingerprint density at radius 3 is 1.67 bits per heavy atom. The lowest BCUT2D eigenvalue weighted by Crippen LogP contribution is -1.91. The number of furan rings is 1. The van der Waals surface area contributed by atoms with Crippen LogP contribution in [-0.4, -0.2) is 0 Å². The highest BCUT2D eigenvalue weighted by Gasteiger charge is 2.18. The Bertz CT molecular complexity index is 3070. The van der Waals surface area contributed by atoms with Gasteiger partial charge in [0.25, 0.3) is 0 Å². The van der Waals surface area contributed by atoms with Gasteiger partial charge < -0.3 is 4.42 Å². The van der Waals surface area contributed by atoms with Crippen LogP contribution >= 0.6 is 0 Å². The molecule has 0 bridgehead atoms. The van der Waals surface area contributed by atoms with Gasteiger partial charge in [0.2, 0.25) is 0 Å². The van der Waals surface area contributed by atoms with Gasteiger partial charge in [-0.3, -0.25) is 0 Å². The van der Waals surface area contributed by atoms with Crippen molar-refractivity contribution in [2.45, 2.75) is 0 Å². The predicted molar refractivity (Wildman–Crippen MR) is 190 cm³/mol. The van der Waals surface area contributed by atoms with Gasteiger partial charge in [0.05, 0.1) is 15.1 Å². The maximum Gasteiger partial charge on any atom is 0.136 e. The first-order chi connectivity index (χ1) is 26.9. The van der Waals surface area contributed by atoms with E-state index in [1.165, 1.54) is 0 Å². The van der Waals surface area contributed by atoms with Crippen molar-refractivity contribution < 1.29 is 19.5 Å². The van der Waals surface area contributed by atoms with Gasteiger partial charge in [-0.15, -0.1) is 0 Å². The standard InChI is InChI=1S/C44H28O/c1-3-12-29(13-4-1)31-16-11-17-33(26-31)43-36-18-7-9-20-38(36)44(39-21-10-8-19-37(39)43)34-23-25-41-40(27-34)35-24-22-32(28-42(35)45-41)30-14-5-2-6-15-30/h1-28H/i2D,5D,6D,14D,15D,22D,23D,24D,25D,27D,28D. The molecular formula is C44H28O. The second-order valence-electron chi connectivity index (χ2n) is 10.8. The minimum atomic E-state index is -0.657. The topological polar surface area (TPSA) is 13.1 Å². The summed E-state index contributed by atoms with van der Waals surface area (Å²) >= 11 is 0. The first kappa shape index (κ1) is 16.8. The fraction of sp³-hybridized carbons (Fsp3) is 0. The monoisotopic (exact) mass is 583 g/mol. The van der Waals surface area contributed by atoms with Crippen LogP contribution in [0.2, 0.25) is 0 Å². The second kappa shape index (κ2) is 10.4. The van der Waals surface area contributed by atoms with Gasteiger partial charge in [-0.25, -0.2) is 0 Å². The Hall–Kier alpha value is -5.92. The molecule has 0 spiro atoms. The van der Waals surface area contributed by atoms with E-state index in [9.17, 15) is 4.11 Å². The van der Waals surface area contributed by atoms with E-state index in [2.05, 4.69) is 30.3 Å². The SMILES string of the molecule is [2H]c1c([2H])c([2H])c(-c2c([2H])c([2H])c3c(oc4c([2H])c([2H])c(-c5c6ccccc6c(-c6cccc(-c7ccccc7)c6)c6ccccc56)c([2H])c43)c2[2H])c([2H])c1[2H]. The number of rotatable bonds is 4. The highest BCUT2D eigenvalue weighted by molar-refractivity contribution is 6.22. The lowest BCUT2D eigenvalue weighted by molar-refractivity contribution is 0.669. The summed E-state index contributed by atoms with van der Waals surface area (Å²) in [5.41, 5.74) is 3.38. The summed E-state index contributed by atoms with van der Waals surface area (Å²) in [6.45, 7) is 0. The van der Waals surface area contributed by atoms with Gasteiger partial charge in [0, 0.05) is 10.8 Å². The molecule has 0 aliphatic rings. The van der Waals surface area contributed by atoms with Crippen LogP contribution in [0.4, 0.5) is 0 Å². The Balaban J connectivity index is 1.37. The average Bonchev–Trinajstić information content (AvgIpc) is 3.64. The molecule has 9 rings (SSSR count). The molecule has 0 amide bonds. The first-order valence-electron chi connectivity index (χ1n) is 20.0. The third-order valence-electron chi connectivity index (χ3n) is 8.20. The van der Waals surface area contributed by atoms with Crippen molar-refractivity contribution >= 4 is 43.5 Å². The van der Waals surface area contributed by atoms with Crippen molar-refractivity contribution in [3.8, 4) is 44.5 Å². The molecule has 1 aromatic heterocycles. The third kappa shape index (κ3) is 4.24. The molecule has 45 heavy (non-hydrogen) atoms. The molecule has 0 fully saturated rings. The van der Waals surface area contributed by atoms with E-state index in [1.807, 2.05) is 72.8 Å². The van der Waals surface area contributed by atoms with Gasteiger partial charge in [0.15, 0.2) is 0 Å². The Morgan fingerprint density at radius 2 is 0.956 bits per heavy atom. The van der Waals surface area contributed by atoms with E-state index < -0.39 is 59.5 Å². The lowest BCUT2D eigenvalue weighted by atomic mass is 9.85. The molecule has 0 saturated carbocycles. The third-order valence-corrected chi connectivity index (χ3v) is 8.20. The molecule has 1 heterocycles. The van der Waals surface area contributed by atoms with Crippen LogP contribution in [-0.2, 0) is 0 Å². The van der Waals surface area contributed by atoms with Crippen molar-refractivity contribution in [2.75, 3.05) is 0 Å². The fourth-order valence-corrected chi connectivity index (χ4v) is 6.21. The summed E-state index contributed by atoms with van der Waals surface area (Å²) in [7, 11) is 0. The zero-order chi connectivity index (χ0) is 39.3. The van der Waals surface area contributed by atoms with Crippen LogP contribution in [0, 0.1) is 0 Å². The molecule has 210 valence electrons. The number of hydrogen-bond acceptors (Lipinski definition) is 1. The van der Waals surface area contributed by atoms with Gasteiger partial charge in [0.1, 0.15) is 11.2 Å². The van der Waals surface area contributed by atoms with Crippen molar-refractivity contribution in [1.29, 1.82) is 0 Å². The molecule has 1 nitrogen and oxygen atoms in total.